The summed E-state index contributed by atoms with van der Waals surface area (Å²) in [5.41, 5.74) is 6.20. The molecule has 4 rings (SSSR count). The lowest BCUT2D eigenvalue weighted by Crippen LogP contribution is -2.33. The van der Waals surface area contributed by atoms with E-state index in [9.17, 15) is 0 Å². The first kappa shape index (κ1) is 7.37. The Labute approximate surface area is 74.7 Å². The van der Waals surface area contributed by atoms with Crippen LogP contribution in [0.5, 0.6) is 0 Å². The number of nitrogens with two attached hydrogens (primary N) is 1. The van der Waals surface area contributed by atoms with Gasteiger partial charge in [0.15, 0.2) is 0 Å². The van der Waals surface area contributed by atoms with E-state index < -0.39 is 0 Å². The third kappa shape index (κ3) is 1.02. The Bertz CT molecular complexity index is 175. The second kappa shape index (κ2) is 2.47. The number of hydrogen-bond acceptors (Lipinski definition) is 1. The van der Waals surface area contributed by atoms with Crippen molar-refractivity contribution in [2.75, 3.05) is 0 Å². The molecule has 4 fully saturated rings. The van der Waals surface area contributed by atoms with Crippen LogP contribution in [0.15, 0.2) is 0 Å². The van der Waals surface area contributed by atoms with Crippen molar-refractivity contribution in [1.29, 1.82) is 0 Å². The van der Waals surface area contributed by atoms with Crippen molar-refractivity contribution in [3.63, 3.8) is 0 Å². The summed E-state index contributed by atoms with van der Waals surface area (Å²) in [5.74, 6) is 4.06. The Balaban J connectivity index is 1.91. The van der Waals surface area contributed by atoms with Gasteiger partial charge in [-0.2, -0.15) is 0 Å². The molecule has 0 saturated heterocycles. The largest absolute Gasteiger partial charge is 0.327 e. The van der Waals surface area contributed by atoms with Gasteiger partial charge in [-0.25, -0.2) is 0 Å². The first-order chi connectivity index (χ1) is 5.81. The third-order valence-corrected chi connectivity index (χ3v) is 4.48. The van der Waals surface area contributed by atoms with Gasteiger partial charge in [-0.05, 0) is 62.2 Å². The Hall–Kier alpha value is -0.0400. The lowest BCUT2D eigenvalue weighted by Gasteiger charge is -2.38. The van der Waals surface area contributed by atoms with Crippen LogP contribution in [0.1, 0.15) is 38.5 Å². The van der Waals surface area contributed by atoms with Crippen LogP contribution in [-0.4, -0.2) is 6.04 Å². The van der Waals surface area contributed by atoms with Crippen LogP contribution >= 0.6 is 0 Å². The smallest absolute Gasteiger partial charge is 0.00700 e. The fraction of sp³-hybridized carbons (Fsp3) is 1.00. The summed E-state index contributed by atoms with van der Waals surface area (Å²) in [6.45, 7) is 0. The summed E-state index contributed by atoms with van der Waals surface area (Å²) in [7, 11) is 0. The van der Waals surface area contributed by atoms with Gasteiger partial charge in [0.05, 0.1) is 0 Å². The van der Waals surface area contributed by atoms with Crippen LogP contribution in [0.3, 0.4) is 0 Å². The van der Waals surface area contributed by atoms with Crippen molar-refractivity contribution in [3.8, 4) is 0 Å². The molecule has 4 saturated carbocycles. The van der Waals surface area contributed by atoms with Gasteiger partial charge in [-0.3, -0.25) is 0 Å². The van der Waals surface area contributed by atoms with Crippen LogP contribution in [0.2, 0.25) is 0 Å². The molecule has 68 valence electrons. The molecule has 0 radical (unpaired) electrons. The number of rotatable bonds is 0. The van der Waals surface area contributed by atoms with Crippen molar-refractivity contribution in [2.45, 2.75) is 44.6 Å². The molecular weight excluding hydrogens is 146 g/mol. The van der Waals surface area contributed by atoms with E-state index in [1.807, 2.05) is 0 Å². The summed E-state index contributed by atoms with van der Waals surface area (Å²) >= 11 is 0. The van der Waals surface area contributed by atoms with Crippen molar-refractivity contribution in [2.24, 2.45) is 29.4 Å². The lowest BCUT2D eigenvalue weighted by atomic mass is 9.67. The van der Waals surface area contributed by atoms with Gasteiger partial charge in [0, 0.05) is 6.04 Å². The van der Waals surface area contributed by atoms with Gasteiger partial charge < -0.3 is 5.73 Å². The molecule has 4 bridgehead atoms. The van der Waals surface area contributed by atoms with E-state index in [-0.39, 0.29) is 0 Å². The summed E-state index contributed by atoms with van der Waals surface area (Å²) in [4.78, 5) is 0. The van der Waals surface area contributed by atoms with Crippen molar-refractivity contribution >= 4 is 0 Å². The molecule has 0 aromatic carbocycles. The molecule has 0 heterocycles. The van der Waals surface area contributed by atoms with E-state index >= 15 is 0 Å². The number of fused-ring (bicyclic) bond motifs is 1. The monoisotopic (exact) mass is 165 g/mol. The van der Waals surface area contributed by atoms with Gasteiger partial charge in [0.25, 0.3) is 0 Å². The maximum Gasteiger partial charge on any atom is 0.00700 e. The van der Waals surface area contributed by atoms with Crippen LogP contribution in [0.25, 0.3) is 0 Å². The maximum absolute atomic E-state index is 6.20. The highest BCUT2D eigenvalue weighted by Crippen LogP contribution is 2.50. The Morgan fingerprint density at radius 3 is 1.75 bits per heavy atom. The molecule has 0 aromatic heterocycles. The SMILES string of the molecule is NC1CC2CC3CC(C2)CC1C3. The molecule has 0 aromatic rings. The van der Waals surface area contributed by atoms with E-state index in [0.717, 1.165) is 23.7 Å². The minimum atomic E-state index is 0.560. The molecule has 0 aliphatic heterocycles. The predicted molar refractivity (Wildman–Crippen MR) is 49.6 cm³/mol. The van der Waals surface area contributed by atoms with Crippen LogP contribution < -0.4 is 5.73 Å². The maximum atomic E-state index is 6.20. The molecule has 1 nitrogen and oxygen atoms in total. The zero-order valence-corrected chi connectivity index (χ0v) is 7.71. The Morgan fingerprint density at radius 1 is 0.667 bits per heavy atom. The summed E-state index contributed by atoms with van der Waals surface area (Å²) in [6, 6.07) is 0.560. The van der Waals surface area contributed by atoms with E-state index in [1.165, 1.54) is 32.1 Å². The molecule has 12 heavy (non-hydrogen) atoms. The standard InChI is InChI=1S/C11H19N/c12-11-6-9-2-7-1-8(3-9)5-10(11)4-7/h7-11H,1-6,12H2. The zero-order valence-electron chi connectivity index (χ0n) is 7.71. The third-order valence-electron chi connectivity index (χ3n) is 4.48. The first-order valence-electron chi connectivity index (χ1n) is 5.57. The second-order valence-corrected chi connectivity index (χ2v) is 5.44. The minimum Gasteiger partial charge on any atom is -0.327 e. The molecule has 3 atom stereocenters. The average Bonchev–Trinajstić information content (AvgIpc) is 2.16. The minimum absolute atomic E-state index is 0.560. The molecule has 4 aliphatic rings. The molecule has 0 amide bonds. The first-order valence-corrected chi connectivity index (χ1v) is 5.57. The van der Waals surface area contributed by atoms with Crippen LogP contribution in [-0.2, 0) is 0 Å². The number of hydrogen-bond donors (Lipinski definition) is 1. The van der Waals surface area contributed by atoms with Gasteiger partial charge in [-0.1, -0.05) is 0 Å². The summed E-state index contributed by atoms with van der Waals surface area (Å²) in [6.07, 6.45) is 8.85. The highest BCUT2D eigenvalue weighted by Gasteiger charge is 2.42. The van der Waals surface area contributed by atoms with Crippen molar-refractivity contribution in [3.05, 3.63) is 0 Å². The van der Waals surface area contributed by atoms with Crippen LogP contribution in [0.4, 0.5) is 0 Å². The highest BCUT2D eigenvalue weighted by atomic mass is 14.7. The van der Waals surface area contributed by atoms with E-state index in [1.54, 1.807) is 6.42 Å². The van der Waals surface area contributed by atoms with E-state index in [4.69, 9.17) is 5.73 Å². The fourth-order valence-corrected chi connectivity index (χ4v) is 4.16. The quantitative estimate of drug-likeness (QED) is 0.585. The summed E-state index contributed by atoms with van der Waals surface area (Å²) < 4.78 is 0. The predicted octanol–water partition coefficient (Wildman–Crippen LogP) is 2.16. The highest BCUT2D eigenvalue weighted by molar-refractivity contribution is 4.95. The lowest BCUT2D eigenvalue weighted by molar-refractivity contribution is 0.131. The van der Waals surface area contributed by atoms with Crippen molar-refractivity contribution in [1.82, 2.24) is 0 Å². The molecule has 4 aliphatic carbocycles. The Kier molecular flexibility index (Phi) is 1.52. The van der Waals surface area contributed by atoms with Gasteiger partial charge in [-0.15, -0.1) is 0 Å². The topological polar surface area (TPSA) is 26.0 Å². The fourth-order valence-electron chi connectivity index (χ4n) is 4.16. The van der Waals surface area contributed by atoms with Gasteiger partial charge in [0.2, 0.25) is 0 Å². The molecule has 1 heteroatoms. The van der Waals surface area contributed by atoms with Gasteiger partial charge >= 0.3 is 0 Å². The average molecular weight is 165 g/mol. The molecule has 0 spiro atoms. The zero-order chi connectivity index (χ0) is 8.13. The molecule has 2 N–H and O–H groups in total. The molecule has 3 unspecified atom stereocenters. The second-order valence-electron chi connectivity index (χ2n) is 5.44. The van der Waals surface area contributed by atoms with Crippen LogP contribution in [0, 0.1) is 23.7 Å². The van der Waals surface area contributed by atoms with E-state index in [2.05, 4.69) is 0 Å². The Morgan fingerprint density at radius 2 is 1.17 bits per heavy atom. The summed E-state index contributed by atoms with van der Waals surface area (Å²) in [5, 5.41) is 0. The van der Waals surface area contributed by atoms with E-state index in [0.29, 0.717) is 6.04 Å². The van der Waals surface area contributed by atoms with Crippen molar-refractivity contribution < 1.29 is 0 Å². The normalized spacial score (nSPS) is 57.2. The van der Waals surface area contributed by atoms with Gasteiger partial charge in [0.1, 0.15) is 0 Å². The molecular formula is C11H19N.